The maximum atomic E-state index is 12.1. The van der Waals surface area contributed by atoms with E-state index in [0.717, 1.165) is 5.56 Å². The summed E-state index contributed by atoms with van der Waals surface area (Å²) in [6.45, 7) is 1.43. The number of para-hydroxylation sites is 2. The molecule has 24 heavy (non-hydrogen) atoms. The lowest BCUT2D eigenvalue weighted by atomic mass is 10.1. The van der Waals surface area contributed by atoms with Crippen molar-refractivity contribution in [3.63, 3.8) is 0 Å². The zero-order valence-corrected chi connectivity index (χ0v) is 13.5. The van der Waals surface area contributed by atoms with Gasteiger partial charge in [-0.2, -0.15) is 0 Å². The van der Waals surface area contributed by atoms with Gasteiger partial charge in [-0.25, -0.2) is 0 Å². The second-order valence-electron chi connectivity index (χ2n) is 4.94. The number of benzene rings is 2. The molecule has 8 heteroatoms. The Morgan fingerprint density at radius 1 is 1.17 bits per heavy atom. The largest absolute Gasteiger partial charge is 0.343 e. The van der Waals surface area contributed by atoms with Gasteiger partial charge < -0.3 is 10.6 Å². The SMILES string of the molecule is Cc1cccc(C(=O)NCC(=O)Nc2ccccc2[N+](=O)[O-])c1Cl. The third-order valence-electron chi connectivity index (χ3n) is 3.22. The Balaban J connectivity index is 2.00. The molecule has 0 saturated carbocycles. The van der Waals surface area contributed by atoms with Crippen LogP contribution in [0, 0.1) is 17.0 Å². The summed E-state index contributed by atoms with van der Waals surface area (Å²) in [4.78, 5) is 34.3. The predicted octanol–water partition coefficient (Wildman–Crippen LogP) is 2.93. The molecule has 0 atom stereocenters. The molecule has 0 bridgehead atoms. The Morgan fingerprint density at radius 3 is 2.58 bits per heavy atom. The molecular weight excluding hydrogens is 334 g/mol. The van der Waals surface area contributed by atoms with Crippen LogP contribution in [0.15, 0.2) is 42.5 Å². The lowest BCUT2D eigenvalue weighted by molar-refractivity contribution is -0.383. The van der Waals surface area contributed by atoms with E-state index in [2.05, 4.69) is 10.6 Å². The van der Waals surface area contributed by atoms with Crippen LogP contribution in [0.3, 0.4) is 0 Å². The third kappa shape index (κ3) is 4.08. The van der Waals surface area contributed by atoms with Crippen molar-refractivity contribution >= 4 is 34.8 Å². The molecule has 0 radical (unpaired) electrons. The minimum atomic E-state index is -0.597. The Bertz CT molecular complexity index is 808. The van der Waals surface area contributed by atoms with Crippen LogP contribution in [-0.2, 0) is 4.79 Å². The molecule has 2 aromatic rings. The molecule has 0 unspecified atom stereocenters. The predicted molar refractivity (Wildman–Crippen MR) is 90.2 cm³/mol. The quantitative estimate of drug-likeness (QED) is 0.641. The molecule has 2 rings (SSSR count). The van der Waals surface area contributed by atoms with E-state index in [0.29, 0.717) is 5.02 Å². The smallest absolute Gasteiger partial charge is 0.292 e. The number of anilines is 1. The molecular formula is C16H14ClN3O4. The fourth-order valence-corrected chi connectivity index (χ4v) is 2.22. The zero-order valence-electron chi connectivity index (χ0n) is 12.7. The summed E-state index contributed by atoms with van der Waals surface area (Å²) in [6, 6.07) is 10.7. The summed E-state index contributed by atoms with van der Waals surface area (Å²) >= 11 is 6.05. The van der Waals surface area contributed by atoms with Crippen molar-refractivity contribution in [2.24, 2.45) is 0 Å². The number of aryl methyl sites for hydroxylation is 1. The molecule has 124 valence electrons. The van der Waals surface area contributed by atoms with E-state index >= 15 is 0 Å². The van der Waals surface area contributed by atoms with Crippen LogP contribution < -0.4 is 10.6 Å². The molecule has 0 saturated heterocycles. The second kappa shape index (κ2) is 7.56. The Hall–Kier alpha value is -2.93. The molecule has 0 heterocycles. The monoisotopic (exact) mass is 347 g/mol. The average Bonchev–Trinajstić information content (AvgIpc) is 2.55. The molecule has 0 spiro atoms. The van der Waals surface area contributed by atoms with E-state index in [1.165, 1.54) is 18.2 Å². The van der Waals surface area contributed by atoms with E-state index in [-0.39, 0.29) is 23.5 Å². The van der Waals surface area contributed by atoms with Crippen molar-refractivity contribution in [2.45, 2.75) is 6.92 Å². The molecule has 2 aromatic carbocycles. The van der Waals surface area contributed by atoms with Crippen LogP contribution >= 0.6 is 11.6 Å². The summed E-state index contributed by atoms with van der Waals surface area (Å²) in [5.41, 5.74) is 0.845. The van der Waals surface area contributed by atoms with E-state index < -0.39 is 16.7 Å². The van der Waals surface area contributed by atoms with Crippen molar-refractivity contribution in [2.75, 3.05) is 11.9 Å². The van der Waals surface area contributed by atoms with E-state index in [4.69, 9.17) is 11.6 Å². The minimum Gasteiger partial charge on any atom is -0.343 e. The van der Waals surface area contributed by atoms with Gasteiger partial charge >= 0.3 is 0 Å². The number of amides is 2. The average molecular weight is 348 g/mol. The summed E-state index contributed by atoms with van der Waals surface area (Å²) in [5, 5.41) is 16.0. The van der Waals surface area contributed by atoms with Crippen LogP contribution in [0.4, 0.5) is 11.4 Å². The summed E-state index contributed by atoms with van der Waals surface area (Å²) in [6.07, 6.45) is 0. The first kappa shape index (κ1) is 17.4. The number of hydrogen-bond donors (Lipinski definition) is 2. The maximum Gasteiger partial charge on any atom is 0.292 e. The van der Waals surface area contributed by atoms with Crippen LogP contribution in [0.25, 0.3) is 0 Å². The maximum absolute atomic E-state index is 12.1. The highest BCUT2D eigenvalue weighted by atomic mass is 35.5. The molecule has 0 aromatic heterocycles. The van der Waals surface area contributed by atoms with Crippen LogP contribution in [0.5, 0.6) is 0 Å². The number of nitrogens with one attached hydrogen (secondary N) is 2. The number of rotatable bonds is 5. The molecule has 0 aliphatic rings. The van der Waals surface area contributed by atoms with Gasteiger partial charge in [0.05, 0.1) is 22.1 Å². The van der Waals surface area contributed by atoms with Gasteiger partial charge in [-0.3, -0.25) is 19.7 Å². The fourth-order valence-electron chi connectivity index (χ4n) is 2.01. The first-order valence-corrected chi connectivity index (χ1v) is 7.34. The number of hydrogen-bond acceptors (Lipinski definition) is 4. The van der Waals surface area contributed by atoms with Gasteiger partial charge in [0.1, 0.15) is 5.69 Å². The molecule has 0 aliphatic heterocycles. The highest BCUT2D eigenvalue weighted by molar-refractivity contribution is 6.34. The lowest BCUT2D eigenvalue weighted by Gasteiger charge is -2.09. The van der Waals surface area contributed by atoms with Crippen molar-refractivity contribution in [3.8, 4) is 0 Å². The van der Waals surface area contributed by atoms with Gasteiger partial charge in [-0.05, 0) is 24.6 Å². The fraction of sp³-hybridized carbons (Fsp3) is 0.125. The van der Waals surface area contributed by atoms with Gasteiger partial charge in [0.25, 0.3) is 11.6 Å². The number of carbonyl (C=O) groups excluding carboxylic acids is 2. The molecule has 0 aliphatic carbocycles. The Kier molecular flexibility index (Phi) is 5.49. The third-order valence-corrected chi connectivity index (χ3v) is 3.72. The van der Waals surface area contributed by atoms with Crippen LogP contribution in [-0.4, -0.2) is 23.3 Å². The highest BCUT2D eigenvalue weighted by Crippen LogP contribution is 2.23. The van der Waals surface area contributed by atoms with Crippen molar-refractivity contribution < 1.29 is 14.5 Å². The van der Waals surface area contributed by atoms with Gasteiger partial charge in [0, 0.05) is 6.07 Å². The first-order chi connectivity index (χ1) is 11.4. The van der Waals surface area contributed by atoms with Crippen molar-refractivity contribution in [3.05, 3.63) is 68.7 Å². The summed E-state index contributed by atoms with van der Waals surface area (Å²) in [5.74, 6) is -1.08. The summed E-state index contributed by atoms with van der Waals surface area (Å²) in [7, 11) is 0. The van der Waals surface area contributed by atoms with E-state index in [1.807, 2.05) is 0 Å². The summed E-state index contributed by atoms with van der Waals surface area (Å²) < 4.78 is 0. The van der Waals surface area contributed by atoms with Crippen molar-refractivity contribution in [1.29, 1.82) is 0 Å². The topological polar surface area (TPSA) is 101 Å². The Morgan fingerprint density at radius 2 is 1.88 bits per heavy atom. The van der Waals surface area contributed by atoms with Gasteiger partial charge in [0.15, 0.2) is 0 Å². The number of nitro benzene ring substituents is 1. The van der Waals surface area contributed by atoms with Crippen LogP contribution in [0.2, 0.25) is 5.02 Å². The first-order valence-electron chi connectivity index (χ1n) is 6.96. The number of halogens is 1. The molecule has 0 fully saturated rings. The number of carbonyl (C=O) groups is 2. The van der Waals surface area contributed by atoms with Crippen molar-refractivity contribution in [1.82, 2.24) is 5.32 Å². The molecule has 2 amide bonds. The lowest BCUT2D eigenvalue weighted by Crippen LogP contribution is -2.33. The van der Waals surface area contributed by atoms with E-state index in [1.54, 1.807) is 31.2 Å². The van der Waals surface area contributed by atoms with Crippen LogP contribution in [0.1, 0.15) is 15.9 Å². The van der Waals surface area contributed by atoms with Gasteiger partial charge in [-0.1, -0.05) is 35.9 Å². The van der Waals surface area contributed by atoms with Gasteiger partial charge in [0.2, 0.25) is 5.91 Å². The standard InChI is InChI=1S/C16H14ClN3O4/c1-10-5-4-6-11(15(10)17)16(22)18-9-14(21)19-12-7-2-3-8-13(12)20(23)24/h2-8H,9H2,1H3,(H,18,22)(H,19,21). The molecule has 7 nitrogen and oxygen atoms in total. The number of nitro groups is 1. The number of nitrogens with zero attached hydrogens (tertiary/aromatic N) is 1. The molecule has 2 N–H and O–H groups in total. The zero-order chi connectivity index (χ0) is 17.7. The highest BCUT2D eigenvalue weighted by Gasteiger charge is 2.16. The Labute approximate surface area is 142 Å². The second-order valence-corrected chi connectivity index (χ2v) is 5.32. The van der Waals surface area contributed by atoms with E-state index in [9.17, 15) is 19.7 Å². The van der Waals surface area contributed by atoms with Gasteiger partial charge in [-0.15, -0.1) is 0 Å². The normalized spacial score (nSPS) is 10.1. The minimum absolute atomic E-state index is 0.0651.